The number of nitro groups is 1. The van der Waals surface area contributed by atoms with Crippen LogP contribution in [0.2, 0.25) is 0 Å². The van der Waals surface area contributed by atoms with Crippen LogP contribution in [0, 0.1) is 21.4 Å². The molecule has 37 heavy (non-hydrogen) atoms. The summed E-state index contributed by atoms with van der Waals surface area (Å²) in [6, 6.07) is 11.4. The van der Waals surface area contributed by atoms with Crippen LogP contribution >= 0.6 is 0 Å². The molecule has 14 nitrogen and oxygen atoms in total. The predicted octanol–water partition coefficient (Wildman–Crippen LogP) is 0.659. The number of nitrogens with zero attached hydrogens (tertiary/aromatic N) is 5. The van der Waals surface area contributed by atoms with Gasteiger partial charge in [-0.05, 0) is 18.2 Å². The highest BCUT2D eigenvalue weighted by Crippen LogP contribution is 2.29. The number of aromatic nitrogens is 3. The minimum atomic E-state index is -1.26. The molecule has 2 unspecified atom stereocenters. The van der Waals surface area contributed by atoms with E-state index in [0.717, 1.165) is 6.20 Å². The first-order valence-electron chi connectivity index (χ1n) is 11.1. The number of carbonyl (C=O) groups excluding carboxylic acids is 1. The molecule has 0 aliphatic rings. The Morgan fingerprint density at radius 1 is 1.14 bits per heavy atom. The van der Waals surface area contributed by atoms with Gasteiger partial charge in [-0.15, -0.1) is 0 Å². The van der Waals surface area contributed by atoms with E-state index in [1.54, 1.807) is 24.3 Å². The van der Waals surface area contributed by atoms with Crippen LogP contribution in [0.3, 0.4) is 0 Å². The molecule has 2 aromatic heterocycles. The van der Waals surface area contributed by atoms with Crippen LogP contribution in [-0.2, 0) is 4.79 Å². The van der Waals surface area contributed by atoms with Gasteiger partial charge >= 0.3 is 0 Å². The quantitative estimate of drug-likeness (QED) is 0.0860. The molecule has 0 spiro atoms. The Morgan fingerprint density at radius 2 is 1.86 bits per heavy atom. The number of aliphatic hydroxyl groups is 2. The first-order chi connectivity index (χ1) is 17.8. The fourth-order valence-electron chi connectivity index (χ4n) is 3.21. The number of aliphatic hydroxyl groups excluding tert-OH is 2. The largest absolute Gasteiger partial charge is 0.393 e. The Balaban J connectivity index is 1.72. The number of pyridine rings is 1. The molecule has 0 saturated carbocycles. The summed E-state index contributed by atoms with van der Waals surface area (Å²) in [4.78, 5) is 35.0. The van der Waals surface area contributed by atoms with E-state index in [9.17, 15) is 20.0 Å². The molecule has 0 aliphatic carbocycles. The van der Waals surface area contributed by atoms with E-state index in [1.165, 1.54) is 18.3 Å². The van der Waals surface area contributed by atoms with Crippen molar-refractivity contribution in [3.8, 4) is 17.3 Å². The highest BCUT2D eigenvalue weighted by molar-refractivity contribution is 5.77. The van der Waals surface area contributed by atoms with Crippen LogP contribution in [0.5, 0.6) is 0 Å². The van der Waals surface area contributed by atoms with Gasteiger partial charge in [0, 0.05) is 36.5 Å². The van der Waals surface area contributed by atoms with Gasteiger partial charge in [0.05, 0.1) is 41.4 Å². The minimum absolute atomic E-state index is 0.108. The van der Waals surface area contributed by atoms with Crippen molar-refractivity contribution in [3.63, 3.8) is 0 Å². The Bertz CT molecular complexity index is 1260. The third-order valence-corrected chi connectivity index (χ3v) is 5.06. The second kappa shape index (κ2) is 12.8. The minimum Gasteiger partial charge on any atom is -0.393 e. The van der Waals surface area contributed by atoms with Crippen molar-refractivity contribution >= 4 is 23.4 Å². The van der Waals surface area contributed by atoms with Gasteiger partial charge in [-0.2, -0.15) is 5.26 Å². The predicted molar refractivity (Wildman–Crippen MR) is 133 cm³/mol. The zero-order valence-electron chi connectivity index (χ0n) is 19.5. The zero-order chi connectivity index (χ0) is 26.8. The van der Waals surface area contributed by atoms with Crippen molar-refractivity contribution in [2.45, 2.75) is 18.7 Å². The standard InChI is InChI=1S/C23H25N9O5/c24-10-14-1-3-15(4-2-14)22-17(18(34)9-21(35)30-19(25)13-33)12-29-23(31-22)27-8-7-26-20-6-5-16(11-28-20)32(36)37/h1-6,11-12,18-19,33-34H,7-9,13,25H2,(H,26,28)(H,30,35)(H,27,29,31). The van der Waals surface area contributed by atoms with Gasteiger partial charge in [-0.1, -0.05) is 12.1 Å². The Kier molecular flexibility index (Phi) is 9.33. The van der Waals surface area contributed by atoms with Crippen LogP contribution in [0.15, 0.2) is 48.8 Å². The van der Waals surface area contributed by atoms with Crippen LogP contribution in [0.25, 0.3) is 11.3 Å². The maximum atomic E-state index is 12.1. The molecule has 1 amide bonds. The van der Waals surface area contributed by atoms with Gasteiger partial charge in [0.25, 0.3) is 5.69 Å². The lowest BCUT2D eigenvalue weighted by molar-refractivity contribution is -0.385. The Hall–Kier alpha value is -4.71. The molecule has 192 valence electrons. The number of amides is 1. The summed E-state index contributed by atoms with van der Waals surface area (Å²) in [5, 5.41) is 48.0. The summed E-state index contributed by atoms with van der Waals surface area (Å²) in [7, 11) is 0. The van der Waals surface area contributed by atoms with Gasteiger partial charge in [0.1, 0.15) is 18.2 Å². The molecule has 3 rings (SSSR count). The number of anilines is 2. The molecule has 2 heterocycles. The SMILES string of the molecule is N#Cc1ccc(-c2nc(NCCNc3ccc([N+](=O)[O-])cn3)ncc2C(O)CC(=O)NC(N)CO)cc1. The number of carbonyl (C=O) groups is 1. The summed E-state index contributed by atoms with van der Waals surface area (Å²) in [6.45, 7) is 0.321. The Morgan fingerprint density at radius 3 is 2.49 bits per heavy atom. The first-order valence-corrected chi connectivity index (χ1v) is 11.1. The first kappa shape index (κ1) is 26.9. The van der Waals surface area contributed by atoms with Crippen LogP contribution < -0.4 is 21.7 Å². The lowest BCUT2D eigenvalue weighted by atomic mass is 10.00. The fourth-order valence-corrected chi connectivity index (χ4v) is 3.21. The molecular weight excluding hydrogens is 482 g/mol. The van der Waals surface area contributed by atoms with E-state index >= 15 is 0 Å². The van der Waals surface area contributed by atoms with Crippen LogP contribution in [0.1, 0.15) is 23.7 Å². The highest BCUT2D eigenvalue weighted by atomic mass is 16.6. The number of rotatable bonds is 12. The number of benzene rings is 1. The smallest absolute Gasteiger partial charge is 0.287 e. The third kappa shape index (κ3) is 7.64. The average molecular weight is 508 g/mol. The number of nitrogens with two attached hydrogens (primary N) is 1. The van der Waals surface area contributed by atoms with E-state index in [1.807, 2.05) is 6.07 Å². The van der Waals surface area contributed by atoms with Crippen molar-refractivity contribution < 1.29 is 19.9 Å². The van der Waals surface area contributed by atoms with Crippen molar-refractivity contribution in [1.82, 2.24) is 20.3 Å². The summed E-state index contributed by atoms with van der Waals surface area (Å²) in [6.07, 6.45) is 0.0119. The molecule has 14 heteroatoms. The topological polar surface area (TPSA) is 225 Å². The maximum absolute atomic E-state index is 12.1. The molecule has 0 radical (unpaired) electrons. The summed E-state index contributed by atoms with van der Waals surface area (Å²) >= 11 is 0. The monoisotopic (exact) mass is 507 g/mol. The molecule has 2 atom stereocenters. The summed E-state index contributed by atoms with van der Waals surface area (Å²) < 4.78 is 0. The molecular formula is C23H25N9O5. The second-order valence-corrected chi connectivity index (χ2v) is 7.78. The van der Waals surface area contributed by atoms with Gasteiger partial charge in [-0.3, -0.25) is 14.9 Å². The molecule has 0 fully saturated rings. The van der Waals surface area contributed by atoms with Gasteiger partial charge in [-0.25, -0.2) is 15.0 Å². The van der Waals surface area contributed by atoms with E-state index < -0.39 is 29.7 Å². The summed E-state index contributed by atoms with van der Waals surface area (Å²) in [5.74, 6) is 0.151. The third-order valence-electron chi connectivity index (χ3n) is 5.06. The van der Waals surface area contributed by atoms with Crippen molar-refractivity contribution in [2.75, 3.05) is 30.3 Å². The Labute approximate surface area is 211 Å². The van der Waals surface area contributed by atoms with E-state index in [-0.39, 0.29) is 23.6 Å². The molecule has 0 saturated heterocycles. The van der Waals surface area contributed by atoms with E-state index in [0.29, 0.717) is 35.7 Å². The molecule has 0 bridgehead atoms. The van der Waals surface area contributed by atoms with Crippen molar-refractivity contribution in [2.24, 2.45) is 5.73 Å². The highest BCUT2D eigenvalue weighted by Gasteiger charge is 2.21. The number of nitrogens with one attached hydrogen (secondary N) is 3. The van der Waals surface area contributed by atoms with Crippen molar-refractivity contribution in [3.05, 3.63) is 70.0 Å². The number of nitriles is 1. The lowest BCUT2D eigenvalue weighted by Gasteiger charge is -2.17. The summed E-state index contributed by atoms with van der Waals surface area (Å²) in [5.41, 5.74) is 7.09. The molecule has 3 aromatic rings. The van der Waals surface area contributed by atoms with Crippen LogP contribution in [-0.4, -0.2) is 61.9 Å². The van der Waals surface area contributed by atoms with E-state index in [2.05, 4.69) is 30.9 Å². The van der Waals surface area contributed by atoms with Gasteiger partial charge in [0.15, 0.2) is 0 Å². The van der Waals surface area contributed by atoms with E-state index in [4.69, 9.17) is 16.1 Å². The maximum Gasteiger partial charge on any atom is 0.287 e. The molecule has 1 aromatic carbocycles. The molecule has 7 N–H and O–H groups in total. The lowest BCUT2D eigenvalue weighted by Crippen LogP contribution is -2.44. The van der Waals surface area contributed by atoms with Crippen LogP contribution in [0.4, 0.5) is 17.5 Å². The fraction of sp³-hybridized carbons (Fsp3) is 0.261. The zero-order valence-corrected chi connectivity index (χ0v) is 19.5. The normalized spacial score (nSPS) is 12.2. The second-order valence-electron chi connectivity index (χ2n) is 7.78. The number of hydrogen-bond acceptors (Lipinski definition) is 12. The molecule has 0 aliphatic heterocycles. The average Bonchev–Trinajstić information content (AvgIpc) is 2.91. The number of hydrogen-bond donors (Lipinski definition) is 6. The van der Waals surface area contributed by atoms with Gasteiger partial charge < -0.3 is 31.9 Å². The van der Waals surface area contributed by atoms with Crippen molar-refractivity contribution in [1.29, 1.82) is 5.26 Å². The van der Waals surface area contributed by atoms with Gasteiger partial charge in [0.2, 0.25) is 11.9 Å².